The number of aryl methyl sites for hydroxylation is 1. The minimum atomic E-state index is 0.356. The van der Waals surface area contributed by atoms with Gasteiger partial charge in [-0.15, -0.1) is 11.3 Å². The Balaban J connectivity index is 0.000000334. The number of pyridine rings is 1. The highest BCUT2D eigenvalue weighted by molar-refractivity contribution is 7.20. The van der Waals surface area contributed by atoms with Crippen molar-refractivity contribution in [1.82, 2.24) is 10.3 Å². The molecule has 31 heavy (non-hydrogen) atoms. The predicted molar refractivity (Wildman–Crippen MR) is 137 cm³/mol. The summed E-state index contributed by atoms with van der Waals surface area (Å²) in [5, 5.41) is 4.02. The summed E-state index contributed by atoms with van der Waals surface area (Å²) in [5.74, 6) is 0.725. The second-order valence-corrected chi connectivity index (χ2v) is 10.3. The Labute approximate surface area is 193 Å². The lowest BCUT2D eigenvalue weighted by Gasteiger charge is -2.34. The summed E-state index contributed by atoms with van der Waals surface area (Å²) in [6.07, 6.45) is 10.5. The normalized spacial score (nSPS) is 15.4. The van der Waals surface area contributed by atoms with Crippen molar-refractivity contribution in [3.05, 3.63) is 52.1 Å². The molecule has 0 aromatic carbocycles. The highest BCUT2D eigenvalue weighted by atomic mass is 32.1. The molecular weight excluding hydrogens is 402 g/mol. The fraction of sp³-hybridized carbons (Fsp3) is 0.538. The van der Waals surface area contributed by atoms with E-state index in [0.29, 0.717) is 5.41 Å². The van der Waals surface area contributed by atoms with Crippen molar-refractivity contribution >= 4 is 27.8 Å². The molecule has 1 atom stereocenters. The number of fused-ring (bicyclic) bond motifs is 2. The van der Waals surface area contributed by atoms with Gasteiger partial charge in [0.25, 0.3) is 0 Å². The first-order chi connectivity index (χ1) is 14.7. The maximum Gasteiger partial charge on any atom is 0.160 e. The van der Waals surface area contributed by atoms with Crippen LogP contribution in [-0.2, 0) is 12.8 Å². The molecule has 1 aliphatic rings. The number of hydrogen-bond donors (Lipinski definition) is 2. The second-order valence-electron chi connectivity index (χ2n) is 9.22. The van der Waals surface area contributed by atoms with E-state index in [1.807, 2.05) is 32.2 Å². The lowest BCUT2D eigenvalue weighted by atomic mass is 9.71. The van der Waals surface area contributed by atoms with Gasteiger partial charge in [0, 0.05) is 24.2 Å². The van der Waals surface area contributed by atoms with Crippen LogP contribution in [0.2, 0.25) is 0 Å². The van der Waals surface area contributed by atoms with Crippen molar-refractivity contribution in [2.24, 2.45) is 17.1 Å². The molecule has 0 radical (unpaired) electrons. The lowest BCUT2D eigenvalue weighted by molar-refractivity contribution is 0.112. The fourth-order valence-corrected chi connectivity index (χ4v) is 4.22. The molecule has 3 N–H and O–H groups in total. The van der Waals surface area contributed by atoms with Crippen LogP contribution in [0, 0.1) is 11.3 Å². The van der Waals surface area contributed by atoms with E-state index in [2.05, 4.69) is 52.1 Å². The Hall–Kier alpha value is -1.82. The highest BCUT2D eigenvalue weighted by Gasteiger charge is 2.29. The van der Waals surface area contributed by atoms with Crippen LogP contribution < -0.4 is 11.1 Å². The van der Waals surface area contributed by atoms with Gasteiger partial charge in [-0.25, -0.2) is 4.98 Å². The highest BCUT2D eigenvalue weighted by Crippen LogP contribution is 2.38. The Morgan fingerprint density at radius 3 is 2.48 bits per heavy atom. The van der Waals surface area contributed by atoms with Gasteiger partial charge in [0.15, 0.2) is 6.29 Å². The molecule has 0 amide bonds. The summed E-state index contributed by atoms with van der Waals surface area (Å²) in [4.78, 5) is 17.4. The molecule has 0 fully saturated rings. The summed E-state index contributed by atoms with van der Waals surface area (Å²) < 4.78 is 0. The molecule has 2 aromatic heterocycles. The maximum absolute atomic E-state index is 10.9. The largest absolute Gasteiger partial charge is 0.329 e. The van der Waals surface area contributed by atoms with Gasteiger partial charge >= 0.3 is 0 Å². The Morgan fingerprint density at radius 1 is 1.32 bits per heavy atom. The predicted octanol–water partition coefficient (Wildman–Crippen LogP) is 5.95. The number of nitrogens with one attached hydrogen (secondary N) is 1. The van der Waals surface area contributed by atoms with Gasteiger partial charge in [-0.05, 0) is 76.1 Å². The SMILES string of the molecule is C/C=C\C=C(C)C.CC(C)(C)C1CCc2nc3sc(C=O)cc3cc2C1.CNCCN. The molecule has 3 rings (SSSR count). The third kappa shape index (κ3) is 9.46. The Bertz CT molecular complexity index is 869. The molecular formula is C26H41N3OS. The molecule has 1 unspecified atom stereocenters. The zero-order valence-corrected chi connectivity index (χ0v) is 21.2. The number of thiophene rings is 1. The number of nitrogens with two attached hydrogens (primary N) is 1. The zero-order valence-electron chi connectivity index (χ0n) is 20.4. The van der Waals surface area contributed by atoms with Gasteiger partial charge in [0.2, 0.25) is 0 Å². The number of rotatable bonds is 4. The summed E-state index contributed by atoms with van der Waals surface area (Å²) in [7, 11) is 1.88. The molecule has 4 nitrogen and oxygen atoms in total. The van der Waals surface area contributed by atoms with Crippen LogP contribution in [0.15, 0.2) is 35.9 Å². The third-order valence-corrected chi connectivity index (χ3v) is 6.22. The van der Waals surface area contributed by atoms with E-state index in [1.54, 1.807) is 0 Å². The molecule has 1 aliphatic carbocycles. The van der Waals surface area contributed by atoms with Crippen LogP contribution in [0.5, 0.6) is 0 Å². The number of allylic oxidation sites excluding steroid dienone is 4. The number of nitrogens with zero attached hydrogens (tertiary/aromatic N) is 1. The second kappa shape index (κ2) is 13.6. The van der Waals surface area contributed by atoms with Crippen LogP contribution in [-0.4, -0.2) is 31.4 Å². The number of aldehydes is 1. The van der Waals surface area contributed by atoms with Gasteiger partial charge < -0.3 is 11.1 Å². The van der Waals surface area contributed by atoms with Crippen molar-refractivity contribution in [3.63, 3.8) is 0 Å². The van der Waals surface area contributed by atoms with Crippen molar-refractivity contribution in [1.29, 1.82) is 0 Å². The molecule has 0 saturated heterocycles. The number of carbonyl (C=O) groups is 1. The van der Waals surface area contributed by atoms with E-state index < -0.39 is 0 Å². The van der Waals surface area contributed by atoms with Crippen molar-refractivity contribution in [3.8, 4) is 0 Å². The monoisotopic (exact) mass is 443 g/mol. The lowest BCUT2D eigenvalue weighted by Crippen LogP contribution is -2.27. The average molecular weight is 444 g/mol. The summed E-state index contributed by atoms with van der Waals surface area (Å²) >= 11 is 1.50. The van der Waals surface area contributed by atoms with Crippen LogP contribution >= 0.6 is 11.3 Å². The van der Waals surface area contributed by atoms with Gasteiger partial charge in [-0.1, -0.05) is 44.6 Å². The van der Waals surface area contributed by atoms with E-state index >= 15 is 0 Å². The average Bonchev–Trinajstić information content (AvgIpc) is 3.13. The summed E-state index contributed by atoms with van der Waals surface area (Å²) in [6, 6.07) is 4.21. The molecule has 0 bridgehead atoms. The molecule has 0 aliphatic heterocycles. The minimum absolute atomic E-state index is 0.356. The quantitative estimate of drug-likeness (QED) is 0.452. The van der Waals surface area contributed by atoms with E-state index in [4.69, 9.17) is 10.7 Å². The zero-order chi connectivity index (χ0) is 23.4. The van der Waals surface area contributed by atoms with Crippen LogP contribution in [0.4, 0.5) is 0 Å². The first kappa shape index (κ1) is 27.2. The van der Waals surface area contributed by atoms with Crippen molar-refractivity contribution < 1.29 is 4.79 Å². The van der Waals surface area contributed by atoms with Gasteiger partial charge in [0.1, 0.15) is 4.83 Å². The van der Waals surface area contributed by atoms with Gasteiger partial charge in [-0.2, -0.15) is 0 Å². The Kier molecular flexibility index (Phi) is 11.9. The number of likely N-dealkylation sites (N-methyl/N-ethyl adjacent to an activating group) is 1. The van der Waals surface area contributed by atoms with E-state index in [1.165, 1.54) is 34.6 Å². The van der Waals surface area contributed by atoms with E-state index in [9.17, 15) is 4.79 Å². The molecule has 2 aromatic rings. The first-order valence-electron chi connectivity index (χ1n) is 11.1. The molecule has 0 spiro atoms. The first-order valence-corrected chi connectivity index (χ1v) is 12.0. The molecule has 5 heteroatoms. The van der Waals surface area contributed by atoms with Crippen molar-refractivity contribution in [2.45, 2.75) is 60.8 Å². The van der Waals surface area contributed by atoms with E-state index in [0.717, 1.165) is 53.2 Å². The van der Waals surface area contributed by atoms with E-state index in [-0.39, 0.29) is 0 Å². The fourth-order valence-electron chi connectivity index (χ4n) is 3.37. The number of aromatic nitrogens is 1. The molecule has 2 heterocycles. The Morgan fingerprint density at radius 2 is 2.03 bits per heavy atom. The third-order valence-electron chi connectivity index (χ3n) is 5.25. The maximum atomic E-state index is 10.9. The van der Waals surface area contributed by atoms with Crippen LogP contribution in [0.3, 0.4) is 0 Å². The topological polar surface area (TPSA) is 68.0 Å². The smallest absolute Gasteiger partial charge is 0.160 e. The summed E-state index contributed by atoms with van der Waals surface area (Å²) in [6.45, 7) is 14.8. The molecule has 0 saturated carbocycles. The van der Waals surface area contributed by atoms with Crippen LogP contribution in [0.1, 0.15) is 68.9 Å². The number of carbonyl (C=O) groups excluding carboxylic acids is 1. The van der Waals surface area contributed by atoms with Gasteiger partial charge in [0.05, 0.1) is 4.88 Å². The standard InChI is InChI=1S/C16H19NOS.C7H12.C3H10N2/c1-16(2,3)12-4-5-14-10(7-12)6-11-8-13(9-18)19-15(11)17-14;1-4-5-6-7(2)3;1-5-3-2-4/h6,8-9,12H,4-5,7H2,1-3H3;4-6H,1-3H3;5H,2-4H2,1H3/b;5-4-;. The number of hydrogen-bond acceptors (Lipinski definition) is 5. The molecule has 172 valence electrons. The van der Waals surface area contributed by atoms with Gasteiger partial charge in [-0.3, -0.25) is 4.79 Å². The van der Waals surface area contributed by atoms with Crippen LogP contribution in [0.25, 0.3) is 10.2 Å². The van der Waals surface area contributed by atoms with Crippen molar-refractivity contribution in [2.75, 3.05) is 20.1 Å². The minimum Gasteiger partial charge on any atom is -0.329 e. The summed E-state index contributed by atoms with van der Waals surface area (Å²) in [5.41, 5.74) is 9.40.